The molecule has 6 heteroatoms. The van der Waals surface area contributed by atoms with Gasteiger partial charge in [-0.2, -0.15) is 10.1 Å². The minimum Gasteiger partial charge on any atom is -0.334 e. The summed E-state index contributed by atoms with van der Waals surface area (Å²) in [5, 5.41) is 9.81. The van der Waals surface area contributed by atoms with E-state index in [1.165, 1.54) is 11.1 Å². The normalized spacial score (nSPS) is 16.2. The maximum absolute atomic E-state index is 5.93. The molecule has 0 saturated heterocycles. The first kappa shape index (κ1) is 17.1. The molecule has 1 aliphatic carbocycles. The minimum absolute atomic E-state index is 0.316. The molecule has 0 bridgehead atoms. The number of benzene rings is 2. The second-order valence-electron chi connectivity index (χ2n) is 7.72. The van der Waals surface area contributed by atoms with E-state index in [1.807, 2.05) is 16.9 Å². The lowest BCUT2D eigenvalue weighted by atomic mass is 9.98. The first-order valence-electron chi connectivity index (χ1n) is 9.79. The average molecular weight is 373 g/mol. The van der Waals surface area contributed by atoms with Gasteiger partial charge in [-0.25, -0.2) is 0 Å². The Balaban J connectivity index is 1.53. The standard InChI is InChI=1S/C22H23N5O/c1-13(2)27-20-9-7-14(10-16(20)12-24-27)22-25-21(26-28-22)19-5-3-4-17-15(11-23)6-8-18(17)19/h3-5,7,9-10,12-13,15H,6,8,11,23H2,1-2H3. The van der Waals surface area contributed by atoms with Crippen LogP contribution in [0.2, 0.25) is 0 Å². The lowest BCUT2D eigenvalue weighted by molar-refractivity contribution is 0.432. The van der Waals surface area contributed by atoms with Gasteiger partial charge in [-0.3, -0.25) is 4.68 Å². The van der Waals surface area contributed by atoms with Crippen molar-refractivity contribution in [3.05, 3.63) is 53.7 Å². The number of aromatic nitrogens is 4. The minimum atomic E-state index is 0.316. The van der Waals surface area contributed by atoms with Gasteiger partial charge >= 0.3 is 0 Å². The van der Waals surface area contributed by atoms with Crippen LogP contribution in [0, 0.1) is 0 Å². The Kier molecular flexibility index (Phi) is 4.02. The van der Waals surface area contributed by atoms with Crippen molar-refractivity contribution in [2.24, 2.45) is 5.73 Å². The Bertz CT molecular complexity index is 1160. The molecule has 1 atom stereocenters. The number of rotatable bonds is 4. The molecule has 0 saturated carbocycles. The second kappa shape index (κ2) is 6.56. The lowest BCUT2D eigenvalue weighted by Gasteiger charge is -2.09. The molecule has 0 spiro atoms. The summed E-state index contributed by atoms with van der Waals surface area (Å²) in [7, 11) is 0. The zero-order valence-electron chi connectivity index (χ0n) is 16.1. The molecule has 1 unspecified atom stereocenters. The molecule has 2 aromatic carbocycles. The van der Waals surface area contributed by atoms with Crippen LogP contribution in [0.15, 0.2) is 47.1 Å². The Hall–Kier alpha value is -2.99. The van der Waals surface area contributed by atoms with Gasteiger partial charge in [0.2, 0.25) is 5.82 Å². The molecule has 142 valence electrons. The predicted octanol–water partition coefficient (Wildman–Crippen LogP) is 4.32. The van der Waals surface area contributed by atoms with Crippen LogP contribution in [-0.2, 0) is 6.42 Å². The van der Waals surface area contributed by atoms with E-state index in [0.717, 1.165) is 34.9 Å². The molecule has 0 amide bonds. The smallest absolute Gasteiger partial charge is 0.258 e. The van der Waals surface area contributed by atoms with E-state index in [2.05, 4.69) is 54.4 Å². The van der Waals surface area contributed by atoms with Crippen molar-refractivity contribution >= 4 is 10.9 Å². The second-order valence-corrected chi connectivity index (χ2v) is 7.72. The van der Waals surface area contributed by atoms with Gasteiger partial charge in [0.25, 0.3) is 5.89 Å². The highest BCUT2D eigenvalue weighted by atomic mass is 16.5. The van der Waals surface area contributed by atoms with Crippen molar-refractivity contribution in [1.29, 1.82) is 0 Å². The summed E-state index contributed by atoms with van der Waals surface area (Å²) >= 11 is 0. The number of hydrogen-bond donors (Lipinski definition) is 1. The molecule has 2 N–H and O–H groups in total. The molecule has 0 radical (unpaired) electrons. The summed E-state index contributed by atoms with van der Waals surface area (Å²) in [5.41, 5.74) is 11.6. The van der Waals surface area contributed by atoms with Gasteiger partial charge in [-0.1, -0.05) is 23.4 Å². The molecule has 0 fully saturated rings. The van der Waals surface area contributed by atoms with Crippen LogP contribution < -0.4 is 5.73 Å². The SMILES string of the molecule is CC(C)n1ncc2cc(-c3nc(-c4cccc5c4CCC5CN)no3)ccc21. The Morgan fingerprint density at radius 3 is 2.96 bits per heavy atom. The highest BCUT2D eigenvalue weighted by Crippen LogP contribution is 2.38. The molecule has 4 aromatic rings. The molecule has 1 aliphatic rings. The number of hydrogen-bond acceptors (Lipinski definition) is 5. The van der Waals surface area contributed by atoms with Crippen LogP contribution in [0.1, 0.15) is 43.4 Å². The van der Waals surface area contributed by atoms with Gasteiger partial charge in [-0.15, -0.1) is 0 Å². The molecule has 0 aliphatic heterocycles. The van der Waals surface area contributed by atoms with Crippen LogP contribution in [-0.4, -0.2) is 26.5 Å². The average Bonchev–Trinajstić information content (AvgIpc) is 3.44. The van der Waals surface area contributed by atoms with Gasteiger partial charge < -0.3 is 10.3 Å². The molecule has 5 rings (SSSR count). The lowest BCUT2D eigenvalue weighted by Crippen LogP contribution is -2.09. The molecule has 6 nitrogen and oxygen atoms in total. The summed E-state index contributed by atoms with van der Waals surface area (Å²) in [6.07, 6.45) is 3.98. The summed E-state index contributed by atoms with van der Waals surface area (Å²) < 4.78 is 7.62. The topological polar surface area (TPSA) is 82.8 Å². The molecule has 28 heavy (non-hydrogen) atoms. The van der Waals surface area contributed by atoms with Crippen LogP contribution in [0.3, 0.4) is 0 Å². The van der Waals surface area contributed by atoms with Gasteiger partial charge in [0.1, 0.15) is 0 Å². The Morgan fingerprint density at radius 1 is 1.25 bits per heavy atom. The molecular weight excluding hydrogens is 350 g/mol. The highest BCUT2D eigenvalue weighted by molar-refractivity contribution is 5.83. The first-order valence-corrected chi connectivity index (χ1v) is 9.79. The molecular formula is C22H23N5O. The van der Waals surface area contributed by atoms with Crippen molar-refractivity contribution in [2.75, 3.05) is 6.54 Å². The van der Waals surface area contributed by atoms with Crippen molar-refractivity contribution in [3.63, 3.8) is 0 Å². The zero-order chi connectivity index (χ0) is 19.3. The van der Waals surface area contributed by atoms with Gasteiger partial charge in [0.15, 0.2) is 0 Å². The van der Waals surface area contributed by atoms with Crippen LogP contribution in [0.5, 0.6) is 0 Å². The number of nitrogens with two attached hydrogens (primary N) is 1. The van der Waals surface area contributed by atoms with Gasteiger partial charge in [0.05, 0.1) is 11.7 Å². The number of nitrogens with zero attached hydrogens (tertiary/aromatic N) is 4. The van der Waals surface area contributed by atoms with Crippen LogP contribution >= 0.6 is 0 Å². The summed E-state index contributed by atoms with van der Waals surface area (Å²) in [6.45, 7) is 4.92. The molecule has 2 heterocycles. The van der Waals surface area contributed by atoms with Gasteiger partial charge in [0, 0.05) is 22.6 Å². The van der Waals surface area contributed by atoms with E-state index in [0.29, 0.717) is 30.2 Å². The summed E-state index contributed by atoms with van der Waals surface area (Å²) in [4.78, 5) is 4.69. The van der Waals surface area contributed by atoms with E-state index >= 15 is 0 Å². The van der Waals surface area contributed by atoms with Gasteiger partial charge in [-0.05, 0) is 68.5 Å². The largest absolute Gasteiger partial charge is 0.334 e. The predicted molar refractivity (Wildman–Crippen MR) is 109 cm³/mol. The highest BCUT2D eigenvalue weighted by Gasteiger charge is 2.25. The van der Waals surface area contributed by atoms with E-state index in [9.17, 15) is 0 Å². The van der Waals surface area contributed by atoms with E-state index in [1.54, 1.807) is 0 Å². The monoisotopic (exact) mass is 373 g/mol. The first-order chi connectivity index (χ1) is 13.7. The van der Waals surface area contributed by atoms with Crippen molar-refractivity contribution < 1.29 is 4.52 Å². The fourth-order valence-corrected chi connectivity index (χ4v) is 4.24. The summed E-state index contributed by atoms with van der Waals surface area (Å²) in [5.74, 6) is 1.60. The Morgan fingerprint density at radius 2 is 2.14 bits per heavy atom. The third-order valence-electron chi connectivity index (χ3n) is 5.68. The Labute approximate surface area is 163 Å². The maximum atomic E-state index is 5.93. The van der Waals surface area contributed by atoms with Crippen LogP contribution in [0.4, 0.5) is 0 Å². The fraction of sp³-hybridized carbons (Fsp3) is 0.318. The maximum Gasteiger partial charge on any atom is 0.258 e. The van der Waals surface area contributed by atoms with Crippen molar-refractivity contribution in [2.45, 2.75) is 38.6 Å². The van der Waals surface area contributed by atoms with E-state index in [4.69, 9.17) is 15.2 Å². The number of fused-ring (bicyclic) bond motifs is 2. The van der Waals surface area contributed by atoms with Crippen molar-refractivity contribution in [3.8, 4) is 22.8 Å². The van der Waals surface area contributed by atoms with E-state index < -0.39 is 0 Å². The summed E-state index contributed by atoms with van der Waals surface area (Å²) in [6, 6.07) is 12.7. The third-order valence-corrected chi connectivity index (χ3v) is 5.68. The van der Waals surface area contributed by atoms with Crippen molar-refractivity contribution in [1.82, 2.24) is 19.9 Å². The van der Waals surface area contributed by atoms with Crippen LogP contribution in [0.25, 0.3) is 33.7 Å². The van der Waals surface area contributed by atoms with E-state index in [-0.39, 0.29) is 0 Å². The zero-order valence-corrected chi connectivity index (χ0v) is 16.1. The third kappa shape index (κ3) is 2.64. The fourth-order valence-electron chi connectivity index (χ4n) is 4.24. The molecule has 2 aromatic heterocycles. The quantitative estimate of drug-likeness (QED) is 0.576.